The molecule has 32 heavy (non-hydrogen) atoms. The second kappa shape index (κ2) is 9.94. The number of anilines is 4. The van der Waals surface area contributed by atoms with Gasteiger partial charge in [0.05, 0.1) is 18.1 Å². The molecular formula is C25H22ClN5O. The number of halogens is 1. The molecule has 4 rings (SSSR count). The van der Waals surface area contributed by atoms with Crippen LogP contribution in [-0.2, 0) is 6.54 Å². The van der Waals surface area contributed by atoms with E-state index in [1.54, 1.807) is 12.4 Å². The molecule has 0 unspecified atom stereocenters. The minimum Gasteiger partial charge on any atom is -0.381 e. The molecule has 0 spiro atoms. The fraction of sp³-hybridized carbons (Fsp3) is 0.0800. The normalized spacial score (nSPS) is 10.4. The Balaban J connectivity index is 1.40. The lowest BCUT2D eigenvalue weighted by atomic mass is 10.1. The van der Waals surface area contributed by atoms with Crippen LogP contribution >= 0.6 is 11.6 Å². The zero-order chi connectivity index (χ0) is 22.3. The molecule has 0 fully saturated rings. The molecule has 0 saturated carbocycles. The number of hydrogen-bond acceptors (Lipinski definition) is 5. The maximum Gasteiger partial charge on any atom is 0.256 e. The monoisotopic (exact) mass is 443 g/mol. The summed E-state index contributed by atoms with van der Waals surface area (Å²) < 4.78 is 0. The van der Waals surface area contributed by atoms with Gasteiger partial charge in [0.15, 0.2) is 0 Å². The Kier molecular flexibility index (Phi) is 6.63. The Morgan fingerprint density at radius 3 is 2.41 bits per heavy atom. The first-order chi connectivity index (χ1) is 15.6. The highest BCUT2D eigenvalue weighted by atomic mass is 35.5. The van der Waals surface area contributed by atoms with Crippen LogP contribution < -0.4 is 16.0 Å². The molecule has 3 N–H and O–H groups in total. The molecule has 0 saturated heterocycles. The maximum absolute atomic E-state index is 12.9. The lowest BCUT2D eigenvalue weighted by molar-refractivity contribution is 0.102. The number of hydrogen-bond donors (Lipinski definition) is 3. The van der Waals surface area contributed by atoms with E-state index in [1.165, 1.54) is 0 Å². The minimum absolute atomic E-state index is 0.221. The average Bonchev–Trinajstić information content (AvgIpc) is 2.80. The smallest absolute Gasteiger partial charge is 0.256 e. The lowest BCUT2D eigenvalue weighted by Gasteiger charge is -2.12. The van der Waals surface area contributed by atoms with Gasteiger partial charge in [0.25, 0.3) is 5.91 Å². The van der Waals surface area contributed by atoms with Crippen molar-refractivity contribution in [2.75, 3.05) is 16.0 Å². The summed E-state index contributed by atoms with van der Waals surface area (Å²) in [6.45, 7) is 2.51. The molecule has 0 bridgehead atoms. The van der Waals surface area contributed by atoms with E-state index < -0.39 is 0 Å². The summed E-state index contributed by atoms with van der Waals surface area (Å²) in [4.78, 5) is 21.4. The van der Waals surface area contributed by atoms with Crippen LogP contribution in [0.2, 0.25) is 5.02 Å². The zero-order valence-corrected chi connectivity index (χ0v) is 18.2. The van der Waals surface area contributed by atoms with E-state index in [1.807, 2.05) is 79.7 Å². The number of carbonyl (C=O) groups is 1. The number of nitrogens with one attached hydrogen (secondary N) is 3. The van der Waals surface area contributed by atoms with Crippen molar-refractivity contribution in [3.8, 4) is 0 Å². The summed E-state index contributed by atoms with van der Waals surface area (Å²) in [7, 11) is 0. The number of benzene rings is 3. The molecule has 0 aliphatic rings. The standard InChI is InChI=1S/C25H22ClN5O/c1-17-10-11-21(27-14-18-6-5-7-19(26)12-18)13-23(17)24(32)30-22-15-28-25(29-16-22)31-20-8-3-2-4-9-20/h2-13,15-16,27H,14H2,1H3,(H,30,32)(H,28,29,31). The van der Waals surface area contributed by atoms with E-state index in [4.69, 9.17) is 11.6 Å². The van der Waals surface area contributed by atoms with E-state index in [2.05, 4.69) is 25.9 Å². The maximum atomic E-state index is 12.9. The van der Waals surface area contributed by atoms with E-state index in [0.717, 1.165) is 22.5 Å². The van der Waals surface area contributed by atoms with Gasteiger partial charge in [0.2, 0.25) is 5.95 Å². The topological polar surface area (TPSA) is 78.9 Å². The van der Waals surface area contributed by atoms with Gasteiger partial charge in [-0.15, -0.1) is 0 Å². The predicted octanol–water partition coefficient (Wildman–Crippen LogP) is 6.05. The molecule has 0 radical (unpaired) electrons. The summed E-state index contributed by atoms with van der Waals surface area (Å²) in [6, 6.07) is 23.0. The molecule has 1 aromatic heterocycles. The molecular weight excluding hydrogens is 422 g/mol. The van der Waals surface area contributed by atoms with E-state index in [9.17, 15) is 4.79 Å². The van der Waals surface area contributed by atoms with Crippen LogP contribution in [0.4, 0.5) is 23.0 Å². The number of aryl methyl sites for hydroxylation is 1. The summed E-state index contributed by atoms with van der Waals surface area (Å²) in [5.41, 5.74) is 4.77. The van der Waals surface area contributed by atoms with Crippen molar-refractivity contribution in [3.05, 3.63) is 107 Å². The summed E-state index contributed by atoms with van der Waals surface area (Å²) >= 11 is 6.05. The van der Waals surface area contributed by atoms with Crippen molar-refractivity contribution < 1.29 is 4.79 Å². The van der Waals surface area contributed by atoms with E-state index in [-0.39, 0.29) is 5.91 Å². The van der Waals surface area contributed by atoms with Crippen molar-refractivity contribution in [2.45, 2.75) is 13.5 Å². The first-order valence-electron chi connectivity index (χ1n) is 10.1. The fourth-order valence-corrected chi connectivity index (χ4v) is 3.35. The van der Waals surface area contributed by atoms with Crippen molar-refractivity contribution in [2.24, 2.45) is 0 Å². The Labute approximate surface area is 191 Å². The third-order valence-electron chi connectivity index (χ3n) is 4.81. The average molecular weight is 444 g/mol. The molecule has 0 atom stereocenters. The van der Waals surface area contributed by atoms with Crippen LogP contribution in [0.3, 0.4) is 0 Å². The third kappa shape index (κ3) is 5.62. The molecule has 1 heterocycles. The Bertz CT molecular complexity index is 1210. The SMILES string of the molecule is Cc1ccc(NCc2cccc(Cl)c2)cc1C(=O)Nc1cnc(Nc2ccccc2)nc1. The van der Waals surface area contributed by atoms with Crippen molar-refractivity contribution >= 4 is 40.5 Å². The number of aromatic nitrogens is 2. The fourth-order valence-electron chi connectivity index (χ4n) is 3.13. The first kappa shape index (κ1) is 21.3. The Morgan fingerprint density at radius 2 is 1.66 bits per heavy atom. The van der Waals surface area contributed by atoms with Gasteiger partial charge >= 0.3 is 0 Å². The van der Waals surface area contributed by atoms with Crippen molar-refractivity contribution in [3.63, 3.8) is 0 Å². The predicted molar refractivity (Wildman–Crippen MR) is 130 cm³/mol. The molecule has 160 valence electrons. The molecule has 3 aromatic carbocycles. The molecule has 0 aliphatic heterocycles. The number of nitrogens with zero attached hydrogens (tertiary/aromatic N) is 2. The van der Waals surface area contributed by atoms with Gasteiger partial charge in [-0.2, -0.15) is 0 Å². The highest BCUT2D eigenvalue weighted by Crippen LogP contribution is 2.19. The third-order valence-corrected chi connectivity index (χ3v) is 5.04. The van der Waals surface area contributed by atoms with E-state index >= 15 is 0 Å². The molecule has 6 nitrogen and oxygen atoms in total. The first-order valence-corrected chi connectivity index (χ1v) is 10.5. The number of carbonyl (C=O) groups excluding carboxylic acids is 1. The quantitative estimate of drug-likeness (QED) is 0.324. The number of para-hydroxylation sites is 1. The van der Waals surface area contributed by atoms with E-state index in [0.29, 0.717) is 28.8 Å². The van der Waals surface area contributed by atoms with Crippen molar-refractivity contribution in [1.82, 2.24) is 9.97 Å². The van der Waals surface area contributed by atoms with Gasteiger partial charge in [-0.05, 0) is 54.4 Å². The summed E-state index contributed by atoms with van der Waals surface area (Å²) in [6.07, 6.45) is 3.15. The number of rotatable bonds is 7. The van der Waals surface area contributed by atoms with Gasteiger partial charge in [-0.1, -0.05) is 48.0 Å². The Morgan fingerprint density at radius 1 is 0.875 bits per heavy atom. The highest BCUT2D eigenvalue weighted by molar-refractivity contribution is 6.30. The van der Waals surface area contributed by atoms with Crippen LogP contribution in [0.1, 0.15) is 21.5 Å². The van der Waals surface area contributed by atoms with Gasteiger partial charge < -0.3 is 16.0 Å². The minimum atomic E-state index is -0.221. The second-order valence-corrected chi connectivity index (χ2v) is 7.69. The largest absolute Gasteiger partial charge is 0.381 e. The molecule has 4 aromatic rings. The van der Waals surface area contributed by atoms with Gasteiger partial charge in [-0.25, -0.2) is 9.97 Å². The highest BCUT2D eigenvalue weighted by Gasteiger charge is 2.11. The second-order valence-electron chi connectivity index (χ2n) is 7.25. The zero-order valence-electron chi connectivity index (χ0n) is 17.5. The van der Waals surface area contributed by atoms with Crippen LogP contribution in [0.5, 0.6) is 0 Å². The van der Waals surface area contributed by atoms with Crippen LogP contribution in [0.25, 0.3) is 0 Å². The van der Waals surface area contributed by atoms with Gasteiger partial charge in [-0.3, -0.25) is 4.79 Å². The van der Waals surface area contributed by atoms with Crippen LogP contribution in [-0.4, -0.2) is 15.9 Å². The summed E-state index contributed by atoms with van der Waals surface area (Å²) in [5, 5.41) is 10.0. The molecule has 1 amide bonds. The van der Waals surface area contributed by atoms with Crippen LogP contribution in [0.15, 0.2) is 85.2 Å². The molecule has 7 heteroatoms. The van der Waals surface area contributed by atoms with Gasteiger partial charge in [0, 0.05) is 28.5 Å². The van der Waals surface area contributed by atoms with Gasteiger partial charge in [0.1, 0.15) is 0 Å². The van der Waals surface area contributed by atoms with Crippen molar-refractivity contribution in [1.29, 1.82) is 0 Å². The Hall–Kier alpha value is -3.90. The lowest BCUT2D eigenvalue weighted by Crippen LogP contribution is -2.14. The van der Waals surface area contributed by atoms with Crippen LogP contribution in [0, 0.1) is 6.92 Å². The number of amides is 1. The molecule has 0 aliphatic carbocycles. The summed E-state index contributed by atoms with van der Waals surface area (Å²) in [5.74, 6) is 0.235.